The van der Waals surface area contributed by atoms with Crippen molar-refractivity contribution in [1.29, 1.82) is 0 Å². The molecule has 1 amide bonds. The van der Waals surface area contributed by atoms with E-state index < -0.39 is 48.2 Å². The molecule has 3 saturated heterocycles. The fourth-order valence-electron chi connectivity index (χ4n) is 3.93. The number of hydrogen-bond donors (Lipinski definition) is 1. The van der Waals surface area contributed by atoms with E-state index in [0.717, 1.165) is 0 Å². The Kier molecular flexibility index (Phi) is 5.38. The molecule has 3 aliphatic heterocycles. The van der Waals surface area contributed by atoms with Crippen LogP contribution in [-0.4, -0.2) is 83.8 Å². The van der Waals surface area contributed by atoms with Crippen LogP contribution in [0.1, 0.15) is 41.5 Å². The van der Waals surface area contributed by atoms with Crippen LogP contribution in [-0.2, 0) is 28.5 Å². The minimum atomic E-state index is -1.34. The number of rotatable bonds is 4. The zero-order valence-corrected chi connectivity index (χ0v) is 16.4. The number of ether oxygens (including phenoxy) is 5. The van der Waals surface area contributed by atoms with Gasteiger partial charge in [0.25, 0.3) is 5.91 Å². The third kappa shape index (κ3) is 3.63. The molecular formula is C18H31NO7. The first kappa shape index (κ1) is 20.0. The van der Waals surface area contributed by atoms with Crippen LogP contribution < -0.4 is 0 Å². The lowest BCUT2D eigenvalue weighted by atomic mass is 9.91. The zero-order valence-electron chi connectivity index (χ0n) is 16.4. The Morgan fingerprint density at radius 2 is 1.62 bits per heavy atom. The Hall–Kier alpha value is -0.770. The van der Waals surface area contributed by atoms with Crippen molar-refractivity contribution in [2.24, 2.45) is 0 Å². The number of aliphatic hydroxyl groups is 1. The highest BCUT2D eigenvalue weighted by atomic mass is 16.8. The highest BCUT2D eigenvalue weighted by molar-refractivity contribution is 5.81. The maximum Gasteiger partial charge on any atom is 0.254 e. The Bertz CT molecular complexity index is 534. The van der Waals surface area contributed by atoms with E-state index in [2.05, 4.69) is 0 Å². The molecule has 0 aliphatic carbocycles. The van der Waals surface area contributed by atoms with Gasteiger partial charge in [0, 0.05) is 13.1 Å². The fourth-order valence-corrected chi connectivity index (χ4v) is 3.93. The van der Waals surface area contributed by atoms with Crippen molar-refractivity contribution in [3.05, 3.63) is 0 Å². The summed E-state index contributed by atoms with van der Waals surface area (Å²) < 4.78 is 29.9. The molecule has 0 saturated carbocycles. The van der Waals surface area contributed by atoms with Crippen LogP contribution in [0.25, 0.3) is 0 Å². The maximum absolute atomic E-state index is 12.7. The van der Waals surface area contributed by atoms with Gasteiger partial charge in [-0.2, -0.15) is 0 Å². The predicted molar refractivity (Wildman–Crippen MR) is 91.3 cm³/mol. The standard InChI is InChI=1S/C18H31NO7/c1-7-19(8-2)16(21)11(20)13-15-14(25-18(5,6)26-15)12-10(23-13)9-22-17(3,4)24-12/h10-15,20H,7-9H2,1-6H3/t10-,11-,12-,13+,14+,15-/m1/s1. The molecule has 0 aromatic rings. The number of hydrogen-bond acceptors (Lipinski definition) is 7. The third-order valence-electron chi connectivity index (χ3n) is 5.16. The molecule has 3 fully saturated rings. The lowest BCUT2D eigenvalue weighted by Gasteiger charge is -2.49. The van der Waals surface area contributed by atoms with Crippen molar-refractivity contribution < 1.29 is 33.6 Å². The third-order valence-corrected chi connectivity index (χ3v) is 5.16. The Labute approximate surface area is 154 Å². The number of carbonyl (C=O) groups is 1. The monoisotopic (exact) mass is 373 g/mol. The minimum Gasteiger partial charge on any atom is -0.380 e. The molecule has 0 bridgehead atoms. The lowest BCUT2D eigenvalue weighted by molar-refractivity contribution is -0.351. The van der Waals surface area contributed by atoms with Gasteiger partial charge in [-0.15, -0.1) is 0 Å². The summed E-state index contributed by atoms with van der Waals surface area (Å²) in [6.45, 7) is 12.4. The molecule has 8 nitrogen and oxygen atoms in total. The van der Waals surface area contributed by atoms with Crippen molar-refractivity contribution in [3.63, 3.8) is 0 Å². The topological polar surface area (TPSA) is 86.7 Å². The van der Waals surface area contributed by atoms with E-state index in [9.17, 15) is 9.90 Å². The van der Waals surface area contributed by atoms with E-state index in [4.69, 9.17) is 23.7 Å². The molecule has 150 valence electrons. The number of nitrogens with zero attached hydrogens (tertiary/aromatic N) is 1. The molecular weight excluding hydrogens is 342 g/mol. The smallest absolute Gasteiger partial charge is 0.254 e. The first-order valence-corrected chi connectivity index (χ1v) is 9.38. The first-order valence-electron chi connectivity index (χ1n) is 9.38. The van der Waals surface area contributed by atoms with Gasteiger partial charge in [-0.3, -0.25) is 4.79 Å². The summed E-state index contributed by atoms with van der Waals surface area (Å²) in [5.41, 5.74) is 0. The van der Waals surface area contributed by atoms with Gasteiger partial charge in [0.2, 0.25) is 0 Å². The normalized spacial score (nSPS) is 39.0. The van der Waals surface area contributed by atoms with E-state index in [-0.39, 0.29) is 5.91 Å². The van der Waals surface area contributed by atoms with Crippen molar-refractivity contribution in [3.8, 4) is 0 Å². The highest BCUT2D eigenvalue weighted by Gasteiger charge is 2.60. The Morgan fingerprint density at radius 3 is 2.23 bits per heavy atom. The first-order chi connectivity index (χ1) is 12.1. The summed E-state index contributed by atoms with van der Waals surface area (Å²) in [5, 5.41) is 10.8. The van der Waals surface area contributed by atoms with Gasteiger partial charge in [-0.25, -0.2) is 0 Å². The number of aliphatic hydroxyl groups excluding tert-OH is 1. The van der Waals surface area contributed by atoms with E-state index in [1.807, 2.05) is 27.7 Å². The van der Waals surface area contributed by atoms with Gasteiger partial charge >= 0.3 is 0 Å². The van der Waals surface area contributed by atoms with Crippen LogP contribution >= 0.6 is 0 Å². The fraction of sp³-hybridized carbons (Fsp3) is 0.944. The van der Waals surface area contributed by atoms with Crippen molar-refractivity contribution in [2.45, 2.75) is 89.7 Å². The van der Waals surface area contributed by atoms with Gasteiger partial charge in [-0.1, -0.05) is 0 Å². The molecule has 3 aliphatic rings. The molecule has 0 aromatic heterocycles. The molecule has 0 spiro atoms. The maximum atomic E-state index is 12.7. The predicted octanol–water partition coefficient (Wildman–Crippen LogP) is 0.655. The van der Waals surface area contributed by atoms with Gasteiger partial charge < -0.3 is 33.7 Å². The second-order valence-corrected chi connectivity index (χ2v) is 7.95. The molecule has 0 aromatic carbocycles. The van der Waals surface area contributed by atoms with Crippen LogP contribution in [0.2, 0.25) is 0 Å². The Balaban J connectivity index is 1.85. The molecule has 1 N–H and O–H groups in total. The van der Waals surface area contributed by atoms with E-state index in [1.54, 1.807) is 18.7 Å². The summed E-state index contributed by atoms with van der Waals surface area (Å²) >= 11 is 0. The molecule has 8 heteroatoms. The Morgan fingerprint density at radius 1 is 1.04 bits per heavy atom. The summed E-state index contributed by atoms with van der Waals surface area (Å²) in [4.78, 5) is 14.2. The molecule has 6 atom stereocenters. The average molecular weight is 373 g/mol. The zero-order chi connectivity index (χ0) is 19.3. The number of carbonyl (C=O) groups excluding carboxylic acids is 1. The van der Waals surface area contributed by atoms with E-state index >= 15 is 0 Å². The minimum absolute atomic E-state index is 0.299. The summed E-state index contributed by atoms with van der Waals surface area (Å²) in [6, 6.07) is 0. The van der Waals surface area contributed by atoms with E-state index in [1.165, 1.54) is 0 Å². The van der Waals surface area contributed by atoms with Crippen LogP contribution in [0.3, 0.4) is 0 Å². The number of amides is 1. The van der Waals surface area contributed by atoms with Crippen molar-refractivity contribution in [2.75, 3.05) is 19.7 Å². The summed E-state index contributed by atoms with van der Waals surface area (Å²) in [7, 11) is 0. The largest absolute Gasteiger partial charge is 0.380 e. The van der Waals surface area contributed by atoms with Crippen molar-refractivity contribution >= 4 is 5.91 Å². The number of likely N-dealkylation sites (N-methyl/N-ethyl adjacent to an activating group) is 1. The summed E-state index contributed by atoms with van der Waals surface area (Å²) in [5.74, 6) is -1.98. The average Bonchev–Trinajstić information content (AvgIpc) is 2.89. The van der Waals surface area contributed by atoms with Gasteiger partial charge in [0.05, 0.1) is 6.61 Å². The van der Waals surface area contributed by atoms with Gasteiger partial charge in [-0.05, 0) is 41.5 Å². The van der Waals surface area contributed by atoms with Crippen LogP contribution in [0, 0.1) is 0 Å². The van der Waals surface area contributed by atoms with Gasteiger partial charge in [0.1, 0.15) is 30.5 Å². The highest BCUT2D eigenvalue weighted by Crippen LogP contribution is 2.42. The van der Waals surface area contributed by atoms with Crippen LogP contribution in [0.15, 0.2) is 0 Å². The second-order valence-electron chi connectivity index (χ2n) is 7.95. The number of fused-ring (bicyclic) bond motifs is 3. The molecule has 26 heavy (non-hydrogen) atoms. The summed E-state index contributed by atoms with van der Waals surface area (Å²) in [6.07, 6.45) is -4.06. The molecule has 3 heterocycles. The van der Waals surface area contributed by atoms with Crippen LogP contribution in [0.4, 0.5) is 0 Å². The molecule has 0 radical (unpaired) electrons. The van der Waals surface area contributed by atoms with E-state index in [0.29, 0.717) is 19.7 Å². The lowest BCUT2D eigenvalue weighted by Crippen LogP contribution is -2.66. The quantitative estimate of drug-likeness (QED) is 0.774. The van der Waals surface area contributed by atoms with Gasteiger partial charge in [0.15, 0.2) is 17.7 Å². The second kappa shape index (κ2) is 7.00. The molecule has 3 rings (SSSR count). The molecule has 0 unspecified atom stereocenters. The van der Waals surface area contributed by atoms with Crippen molar-refractivity contribution in [1.82, 2.24) is 4.90 Å². The SMILES string of the molecule is CCN(CC)C(=O)[C@H](O)[C@@H]1O[C@@H]2COC(C)(C)O[C@H]2[C@@H]2OC(C)(C)O[C@@H]21. The van der Waals surface area contributed by atoms with Crippen LogP contribution in [0.5, 0.6) is 0 Å².